The van der Waals surface area contributed by atoms with Crippen LogP contribution >= 0.6 is 11.8 Å². The number of nitrogens with two attached hydrogens (primary N) is 1. The normalized spacial score (nSPS) is 28.7. The third-order valence-electron chi connectivity index (χ3n) is 7.89. The third kappa shape index (κ3) is 4.59. The molecule has 0 spiro atoms. The summed E-state index contributed by atoms with van der Waals surface area (Å²) in [5.41, 5.74) is 9.77. The summed E-state index contributed by atoms with van der Waals surface area (Å²) in [5.74, 6) is -2.17. The zero-order chi connectivity index (χ0) is 26.4. The number of aliphatic carboxylic acids is 1. The van der Waals surface area contributed by atoms with Gasteiger partial charge in [-0.25, -0.2) is 4.79 Å². The van der Waals surface area contributed by atoms with Gasteiger partial charge in [0.1, 0.15) is 5.70 Å². The summed E-state index contributed by atoms with van der Waals surface area (Å²) in [6.07, 6.45) is -0.857. The first-order chi connectivity index (χ1) is 17.7. The van der Waals surface area contributed by atoms with Gasteiger partial charge in [0.15, 0.2) is 0 Å². The van der Waals surface area contributed by atoms with Crippen LogP contribution in [0.5, 0.6) is 0 Å². The molecule has 0 aliphatic carbocycles. The molecule has 2 aromatic carbocycles. The second-order valence-electron chi connectivity index (χ2n) is 10.2. The van der Waals surface area contributed by atoms with Gasteiger partial charge in [0.05, 0.1) is 24.2 Å². The minimum absolute atomic E-state index is 0.0449. The molecule has 7 atom stereocenters. The van der Waals surface area contributed by atoms with Gasteiger partial charge in [-0.1, -0.05) is 55.5 Å². The summed E-state index contributed by atoms with van der Waals surface area (Å²) in [5, 5.41) is 34.4. The summed E-state index contributed by atoms with van der Waals surface area (Å²) in [6, 6.07) is 15.5. The van der Waals surface area contributed by atoms with Gasteiger partial charge in [0, 0.05) is 35.2 Å². The lowest BCUT2D eigenvalue weighted by Gasteiger charge is -2.46. The Balaban J connectivity index is 1.25. The van der Waals surface area contributed by atoms with E-state index in [1.54, 1.807) is 6.92 Å². The third-order valence-corrected chi connectivity index (χ3v) is 9.40. The number of amides is 1. The molecule has 3 aliphatic rings. The number of thioether (sulfide) groups is 1. The Hall–Kier alpha value is -2.69. The molecule has 9 heteroatoms. The first-order valence-electron chi connectivity index (χ1n) is 12.7. The highest BCUT2D eigenvalue weighted by atomic mass is 32.2. The highest BCUT2D eigenvalue weighted by Crippen LogP contribution is 2.52. The summed E-state index contributed by atoms with van der Waals surface area (Å²) in [6.45, 7) is 4.64. The van der Waals surface area contributed by atoms with Crippen LogP contribution in [0.4, 0.5) is 0 Å². The fraction of sp³-hybridized carbons (Fsp3) is 0.429. The summed E-state index contributed by atoms with van der Waals surface area (Å²) < 4.78 is 0. The SMILES string of the molecule is C[C@@H](O)[C@H]1C(=O)N2C(C(=O)O)=C(S[C@@H]3CN[C@H](C(O)c4ccc(-c5ccc(CN)cc5)cc4)C3)[C@H](C)[C@H]12. The number of nitrogens with one attached hydrogen (secondary N) is 1. The quantitative estimate of drug-likeness (QED) is 0.333. The zero-order valence-corrected chi connectivity index (χ0v) is 21.7. The molecule has 3 aliphatic heterocycles. The molecule has 2 aromatic rings. The van der Waals surface area contributed by atoms with Crippen LogP contribution < -0.4 is 11.1 Å². The number of hydrogen-bond donors (Lipinski definition) is 5. The van der Waals surface area contributed by atoms with Gasteiger partial charge >= 0.3 is 5.97 Å². The van der Waals surface area contributed by atoms with E-state index in [1.807, 2.05) is 55.5 Å². The average molecular weight is 524 g/mol. The van der Waals surface area contributed by atoms with E-state index < -0.39 is 24.1 Å². The molecule has 2 fully saturated rings. The molecular weight excluding hydrogens is 490 g/mol. The molecule has 8 nitrogen and oxygen atoms in total. The van der Waals surface area contributed by atoms with Crippen molar-refractivity contribution in [2.24, 2.45) is 17.6 Å². The lowest BCUT2D eigenvalue weighted by atomic mass is 9.79. The first kappa shape index (κ1) is 25.9. The standard InChI is InChI=1S/C28H33N3O5S/c1-14-23-22(15(2)32)27(34)31(23)24(28(35)36)26(14)37-20-11-21(30-13-20)25(33)19-9-7-18(8-10-19)17-5-3-16(12-29)4-6-17/h3-10,14-15,20-23,25,30,32-33H,11-13,29H2,1-2H3,(H,35,36)/t14-,15-,20+,21+,22-,23-,25?/m1/s1. The lowest BCUT2D eigenvalue weighted by molar-refractivity contribution is -0.163. The van der Waals surface area contributed by atoms with Gasteiger partial charge in [0.25, 0.3) is 0 Å². The number of aliphatic hydroxyl groups excluding tert-OH is 2. The molecule has 6 N–H and O–H groups in total. The highest BCUT2D eigenvalue weighted by molar-refractivity contribution is 8.03. The molecule has 0 aromatic heterocycles. The highest BCUT2D eigenvalue weighted by Gasteiger charge is 2.60. The second-order valence-corrected chi connectivity index (χ2v) is 11.6. The molecule has 1 amide bonds. The molecule has 3 heterocycles. The van der Waals surface area contributed by atoms with Gasteiger partial charge < -0.3 is 31.3 Å². The van der Waals surface area contributed by atoms with Gasteiger partial charge in [0.2, 0.25) is 5.91 Å². The Morgan fingerprint density at radius 3 is 2.32 bits per heavy atom. The molecular formula is C28H33N3O5S. The van der Waals surface area contributed by atoms with Gasteiger partial charge in [-0.3, -0.25) is 4.79 Å². The zero-order valence-electron chi connectivity index (χ0n) is 20.9. The number of fused-ring (bicyclic) bond motifs is 1. The summed E-state index contributed by atoms with van der Waals surface area (Å²) in [4.78, 5) is 26.7. The molecule has 1 unspecified atom stereocenters. The van der Waals surface area contributed by atoms with Crippen molar-refractivity contribution in [3.8, 4) is 11.1 Å². The smallest absolute Gasteiger partial charge is 0.353 e. The van der Waals surface area contributed by atoms with Crippen molar-refractivity contribution < 1.29 is 24.9 Å². The van der Waals surface area contributed by atoms with Crippen molar-refractivity contribution in [3.63, 3.8) is 0 Å². The maximum Gasteiger partial charge on any atom is 0.353 e. The predicted molar refractivity (Wildman–Crippen MR) is 142 cm³/mol. The number of nitrogens with zero attached hydrogens (tertiary/aromatic N) is 1. The number of carboxylic acids is 1. The van der Waals surface area contributed by atoms with Crippen molar-refractivity contribution in [1.82, 2.24) is 10.2 Å². The Bertz CT molecular complexity index is 1210. The minimum atomic E-state index is -1.12. The van der Waals surface area contributed by atoms with Crippen LogP contribution in [-0.4, -0.2) is 62.1 Å². The molecule has 0 radical (unpaired) electrons. The van der Waals surface area contributed by atoms with Crippen LogP contribution in [0.15, 0.2) is 59.1 Å². The number of carbonyl (C=O) groups excluding carboxylic acids is 1. The topological polar surface area (TPSA) is 136 Å². The molecule has 2 saturated heterocycles. The van der Waals surface area contributed by atoms with Crippen molar-refractivity contribution in [1.29, 1.82) is 0 Å². The van der Waals surface area contributed by atoms with Crippen LogP contribution in [0, 0.1) is 11.8 Å². The number of carbonyl (C=O) groups is 2. The van der Waals surface area contributed by atoms with Crippen molar-refractivity contribution >= 4 is 23.6 Å². The monoisotopic (exact) mass is 523 g/mol. The summed E-state index contributed by atoms with van der Waals surface area (Å²) in [7, 11) is 0. The van der Waals surface area contributed by atoms with Crippen molar-refractivity contribution in [2.45, 2.75) is 56.4 Å². The number of rotatable bonds is 8. The van der Waals surface area contributed by atoms with Crippen molar-refractivity contribution in [2.75, 3.05) is 6.54 Å². The number of β-lactam (4-membered cyclic amide) rings is 1. The molecule has 196 valence electrons. The molecule has 37 heavy (non-hydrogen) atoms. The van der Waals surface area contributed by atoms with Crippen LogP contribution in [0.3, 0.4) is 0 Å². The van der Waals surface area contributed by atoms with E-state index in [4.69, 9.17) is 5.73 Å². The maximum absolute atomic E-state index is 12.6. The maximum atomic E-state index is 12.6. The Kier molecular flexibility index (Phi) is 7.17. The van der Waals surface area contributed by atoms with Crippen LogP contribution in [-0.2, 0) is 16.1 Å². The Morgan fingerprint density at radius 1 is 1.14 bits per heavy atom. The fourth-order valence-electron chi connectivity index (χ4n) is 5.86. The van der Waals surface area contributed by atoms with Crippen LogP contribution in [0.1, 0.15) is 37.5 Å². The predicted octanol–water partition coefficient (Wildman–Crippen LogP) is 2.46. The largest absolute Gasteiger partial charge is 0.477 e. The first-order valence-corrected chi connectivity index (χ1v) is 13.5. The Morgan fingerprint density at radius 2 is 1.76 bits per heavy atom. The number of benzene rings is 2. The van der Waals surface area contributed by atoms with Gasteiger partial charge in [-0.2, -0.15) is 0 Å². The number of aliphatic hydroxyl groups is 2. The number of hydrogen-bond acceptors (Lipinski definition) is 7. The molecule has 0 saturated carbocycles. The average Bonchev–Trinajstić information content (AvgIpc) is 3.45. The van der Waals surface area contributed by atoms with E-state index in [-0.39, 0.29) is 34.9 Å². The Labute approximate surface area is 220 Å². The van der Waals surface area contributed by atoms with E-state index in [1.165, 1.54) is 16.7 Å². The van der Waals surface area contributed by atoms with Gasteiger partial charge in [-0.15, -0.1) is 11.8 Å². The van der Waals surface area contributed by atoms with E-state index in [0.29, 0.717) is 24.4 Å². The van der Waals surface area contributed by atoms with Crippen LogP contribution in [0.25, 0.3) is 11.1 Å². The minimum Gasteiger partial charge on any atom is -0.477 e. The van der Waals surface area contributed by atoms with E-state index in [9.17, 15) is 24.9 Å². The van der Waals surface area contributed by atoms with Crippen molar-refractivity contribution in [3.05, 3.63) is 70.3 Å². The second kappa shape index (κ2) is 10.2. The van der Waals surface area contributed by atoms with Gasteiger partial charge in [-0.05, 0) is 35.6 Å². The number of carboxylic acid groups (broad SMARTS) is 1. The fourth-order valence-corrected chi connectivity index (χ4v) is 7.35. The van der Waals surface area contributed by atoms with E-state index in [2.05, 4.69) is 5.32 Å². The van der Waals surface area contributed by atoms with E-state index in [0.717, 1.165) is 22.3 Å². The molecule has 5 rings (SSSR count). The van der Waals surface area contributed by atoms with Crippen LogP contribution in [0.2, 0.25) is 0 Å². The van der Waals surface area contributed by atoms with E-state index >= 15 is 0 Å². The summed E-state index contributed by atoms with van der Waals surface area (Å²) >= 11 is 1.48. The lowest BCUT2D eigenvalue weighted by Crippen LogP contribution is -2.63. The molecule has 0 bridgehead atoms.